The molecule has 1 aromatic carbocycles. The first-order valence-corrected chi connectivity index (χ1v) is 10.9. The molecule has 28 heavy (non-hydrogen) atoms. The number of amides is 1. The second-order valence-electron chi connectivity index (χ2n) is 6.94. The van der Waals surface area contributed by atoms with Crippen molar-refractivity contribution in [1.29, 1.82) is 0 Å². The number of hydrogen-bond acceptors (Lipinski definition) is 6. The van der Waals surface area contributed by atoms with Crippen LogP contribution >= 0.6 is 0 Å². The van der Waals surface area contributed by atoms with Crippen molar-refractivity contribution in [2.45, 2.75) is 25.7 Å². The topological polar surface area (TPSA) is 118 Å². The number of hydrogen-bond donors (Lipinski definition) is 3. The SMILES string of the molecule is Cc1cc(C2CCCNC2)oc(=O)c1C(=O)Nc1ccc(NS(C)(=O)=O)cc1. The Bertz CT molecular complexity index is 1020. The number of piperidine rings is 1. The van der Waals surface area contributed by atoms with Crippen molar-refractivity contribution in [3.8, 4) is 0 Å². The van der Waals surface area contributed by atoms with Crippen LogP contribution in [0.1, 0.15) is 40.4 Å². The lowest BCUT2D eigenvalue weighted by atomic mass is 9.95. The number of carbonyl (C=O) groups excluding carboxylic acids is 1. The zero-order valence-corrected chi connectivity index (χ0v) is 16.6. The molecule has 2 heterocycles. The number of carbonyl (C=O) groups is 1. The van der Waals surface area contributed by atoms with E-state index in [0.29, 0.717) is 22.7 Å². The summed E-state index contributed by atoms with van der Waals surface area (Å²) in [6, 6.07) is 7.89. The molecule has 1 aliphatic rings. The third-order valence-corrected chi connectivity index (χ3v) is 5.15. The number of anilines is 2. The third-order valence-electron chi connectivity index (χ3n) is 4.54. The van der Waals surface area contributed by atoms with Gasteiger partial charge in [-0.15, -0.1) is 0 Å². The molecule has 1 fully saturated rings. The molecule has 0 saturated carbocycles. The fourth-order valence-electron chi connectivity index (χ4n) is 3.23. The smallest absolute Gasteiger partial charge is 0.349 e. The predicted molar refractivity (Wildman–Crippen MR) is 107 cm³/mol. The van der Waals surface area contributed by atoms with E-state index in [4.69, 9.17) is 4.42 Å². The van der Waals surface area contributed by atoms with Gasteiger partial charge in [0.15, 0.2) is 0 Å². The Morgan fingerprint density at radius 1 is 1.21 bits per heavy atom. The summed E-state index contributed by atoms with van der Waals surface area (Å²) in [5.74, 6) is 0.165. The summed E-state index contributed by atoms with van der Waals surface area (Å²) in [5.41, 5.74) is 0.675. The molecule has 150 valence electrons. The number of aryl methyl sites for hydroxylation is 1. The van der Waals surface area contributed by atoms with Crippen LogP contribution < -0.4 is 21.0 Å². The normalized spacial score (nSPS) is 17.1. The molecule has 0 aliphatic carbocycles. The number of nitrogens with one attached hydrogen (secondary N) is 3. The van der Waals surface area contributed by atoms with Crippen molar-refractivity contribution in [3.63, 3.8) is 0 Å². The Labute approximate surface area is 163 Å². The van der Waals surface area contributed by atoms with E-state index < -0.39 is 21.6 Å². The van der Waals surface area contributed by atoms with Gasteiger partial charge >= 0.3 is 5.63 Å². The molecule has 3 rings (SSSR count). The molecule has 1 saturated heterocycles. The van der Waals surface area contributed by atoms with Crippen molar-refractivity contribution in [3.05, 3.63) is 57.6 Å². The maximum Gasteiger partial charge on any atom is 0.349 e. The van der Waals surface area contributed by atoms with Gasteiger partial charge in [0.1, 0.15) is 11.3 Å². The molecule has 1 unspecified atom stereocenters. The number of sulfonamides is 1. The van der Waals surface area contributed by atoms with Crippen LogP contribution in [0.25, 0.3) is 0 Å². The van der Waals surface area contributed by atoms with E-state index in [0.717, 1.165) is 32.2 Å². The van der Waals surface area contributed by atoms with Crippen LogP contribution in [0.4, 0.5) is 11.4 Å². The predicted octanol–water partition coefficient (Wildman–Crippen LogP) is 2.04. The summed E-state index contributed by atoms with van der Waals surface area (Å²) in [5, 5.41) is 5.92. The lowest BCUT2D eigenvalue weighted by Crippen LogP contribution is -2.30. The summed E-state index contributed by atoms with van der Waals surface area (Å²) in [7, 11) is -3.38. The van der Waals surface area contributed by atoms with Gasteiger partial charge in [-0.3, -0.25) is 9.52 Å². The Hall–Kier alpha value is -2.65. The summed E-state index contributed by atoms with van der Waals surface area (Å²) in [6.45, 7) is 3.42. The monoisotopic (exact) mass is 405 g/mol. The van der Waals surface area contributed by atoms with Gasteiger partial charge in [-0.2, -0.15) is 0 Å². The first-order chi connectivity index (χ1) is 13.2. The Kier molecular flexibility index (Phi) is 5.85. The molecule has 1 aromatic heterocycles. The van der Waals surface area contributed by atoms with Gasteiger partial charge in [-0.25, -0.2) is 13.2 Å². The number of benzene rings is 1. The van der Waals surface area contributed by atoms with Crippen LogP contribution in [0.2, 0.25) is 0 Å². The molecule has 0 radical (unpaired) electrons. The standard InChI is InChI=1S/C19H23N3O5S/c1-12-10-16(13-4-3-9-20-11-13)27-19(24)17(12)18(23)21-14-5-7-15(8-6-14)22-28(2,25)26/h5-8,10,13,20,22H,3-4,9,11H2,1-2H3,(H,21,23). The largest absolute Gasteiger partial charge is 0.427 e. The quantitative estimate of drug-likeness (QED) is 0.701. The summed E-state index contributed by atoms with van der Waals surface area (Å²) < 4.78 is 30.2. The second kappa shape index (κ2) is 8.15. The van der Waals surface area contributed by atoms with Crippen LogP contribution in [0.3, 0.4) is 0 Å². The lowest BCUT2D eigenvalue weighted by Gasteiger charge is -2.22. The van der Waals surface area contributed by atoms with Crippen molar-refractivity contribution in [2.24, 2.45) is 0 Å². The van der Waals surface area contributed by atoms with E-state index in [1.54, 1.807) is 25.1 Å². The first kappa shape index (κ1) is 20.1. The average Bonchev–Trinajstić information content (AvgIpc) is 2.62. The Morgan fingerprint density at radius 2 is 1.89 bits per heavy atom. The van der Waals surface area contributed by atoms with Crippen LogP contribution in [-0.4, -0.2) is 33.7 Å². The van der Waals surface area contributed by atoms with Crippen LogP contribution in [0.5, 0.6) is 0 Å². The zero-order valence-electron chi connectivity index (χ0n) is 15.7. The van der Waals surface area contributed by atoms with Gasteiger partial charge in [0.05, 0.1) is 6.26 Å². The first-order valence-electron chi connectivity index (χ1n) is 8.97. The average molecular weight is 405 g/mol. The minimum Gasteiger partial charge on any atom is -0.427 e. The molecule has 0 spiro atoms. The second-order valence-corrected chi connectivity index (χ2v) is 8.69. The maximum atomic E-state index is 12.6. The van der Waals surface area contributed by atoms with Crippen LogP contribution in [-0.2, 0) is 10.0 Å². The fourth-order valence-corrected chi connectivity index (χ4v) is 3.80. The highest BCUT2D eigenvalue weighted by atomic mass is 32.2. The molecule has 9 heteroatoms. The van der Waals surface area contributed by atoms with Crippen molar-refractivity contribution in [1.82, 2.24) is 5.32 Å². The highest BCUT2D eigenvalue weighted by molar-refractivity contribution is 7.92. The van der Waals surface area contributed by atoms with Crippen LogP contribution in [0.15, 0.2) is 39.5 Å². The molecule has 1 amide bonds. The summed E-state index contributed by atoms with van der Waals surface area (Å²) in [6.07, 6.45) is 3.01. The Morgan fingerprint density at radius 3 is 2.46 bits per heavy atom. The summed E-state index contributed by atoms with van der Waals surface area (Å²) in [4.78, 5) is 25.0. The van der Waals surface area contributed by atoms with Gasteiger partial charge in [0.2, 0.25) is 10.0 Å². The Balaban J connectivity index is 1.76. The van der Waals surface area contributed by atoms with E-state index >= 15 is 0 Å². The van der Waals surface area contributed by atoms with Crippen molar-refractivity contribution in [2.75, 3.05) is 29.4 Å². The van der Waals surface area contributed by atoms with Crippen LogP contribution in [0, 0.1) is 6.92 Å². The summed E-state index contributed by atoms with van der Waals surface area (Å²) >= 11 is 0. The maximum absolute atomic E-state index is 12.6. The van der Waals surface area contributed by atoms with E-state index in [9.17, 15) is 18.0 Å². The van der Waals surface area contributed by atoms with Gasteiger partial charge in [0, 0.05) is 23.8 Å². The molecule has 1 atom stereocenters. The van der Waals surface area contributed by atoms with Gasteiger partial charge < -0.3 is 15.1 Å². The molecular formula is C19H23N3O5S. The molecular weight excluding hydrogens is 382 g/mol. The third kappa shape index (κ3) is 4.99. The minimum absolute atomic E-state index is 0.0362. The van der Waals surface area contributed by atoms with Gasteiger partial charge in [-0.05, 0) is 62.2 Å². The van der Waals surface area contributed by atoms with E-state index in [1.165, 1.54) is 12.1 Å². The highest BCUT2D eigenvalue weighted by Gasteiger charge is 2.22. The molecule has 0 bridgehead atoms. The van der Waals surface area contributed by atoms with E-state index in [-0.39, 0.29) is 11.5 Å². The molecule has 8 nitrogen and oxygen atoms in total. The highest BCUT2D eigenvalue weighted by Crippen LogP contribution is 2.24. The van der Waals surface area contributed by atoms with E-state index in [2.05, 4.69) is 15.4 Å². The molecule has 3 N–H and O–H groups in total. The van der Waals surface area contributed by atoms with E-state index in [1.807, 2.05) is 0 Å². The van der Waals surface area contributed by atoms with Gasteiger partial charge in [-0.1, -0.05) is 0 Å². The minimum atomic E-state index is -3.38. The lowest BCUT2D eigenvalue weighted by molar-refractivity contribution is 0.102. The molecule has 2 aromatic rings. The van der Waals surface area contributed by atoms with Crippen molar-refractivity contribution >= 4 is 27.3 Å². The fraction of sp³-hybridized carbons (Fsp3) is 0.368. The van der Waals surface area contributed by atoms with Gasteiger partial charge in [0.25, 0.3) is 5.91 Å². The van der Waals surface area contributed by atoms with Crippen molar-refractivity contribution < 1.29 is 17.6 Å². The molecule has 1 aliphatic heterocycles. The zero-order chi connectivity index (χ0) is 20.3. The number of rotatable bonds is 5.